The molecule has 4 unspecified atom stereocenters. The molecule has 1 amide bonds. The zero-order valence-electron chi connectivity index (χ0n) is 20.2. The molecule has 0 heterocycles. The summed E-state index contributed by atoms with van der Waals surface area (Å²) in [4.78, 5) is 12.9. The lowest BCUT2D eigenvalue weighted by molar-refractivity contribution is -0.172. The van der Waals surface area contributed by atoms with Gasteiger partial charge in [0.1, 0.15) is 5.75 Å². The molecule has 1 aromatic rings. The van der Waals surface area contributed by atoms with E-state index in [1.807, 2.05) is 0 Å². The van der Waals surface area contributed by atoms with Gasteiger partial charge < -0.3 is 15.5 Å². The van der Waals surface area contributed by atoms with E-state index in [1.165, 1.54) is 31.2 Å². The zero-order valence-corrected chi connectivity index (χ0v) is 21.0. The molecule has 2 aliphatic carbocycles. The molecular weight excluding hydrogens is 509 g/mol. The molecule has 0 bridgehead atoms. The van der Waals surface area contributed by atoms with Gasteiger partial charge in [-0.1, -0.05) is 31.2 Å². The Kier molecular flexibility index (Phi) is 8.05. The fraction of sp³-hybridized carbons (Fsp3) is 0.385. The summed E-state index contributed by atoms with van der Waals surface area (Å²) in [7, 11) is -4.18. The second-order valence-electron chi connectivity index (χ2n) is 9.45. The van der Waals surface area contributed by atoms with Crippen molar-refractivity contribution in [3.63, 3.8) is 0 Å². The maximum Gasteiger partial charge on any atom is 0.397 e. The number of aromatic hydroxyl groups is 1. The van der Waals surface area contributed by atoms with Crippen molar-refractivity contribution in [1.29, 1.82) is 5.26 Å². The summed E-state index contributed by atoms with van der Waals surface area (Å²) in [6.45, 7) is 2.17. The topological polar surface area (TPSA) is 127 Å². The first-order valence-electron chi connectivity index (χ1n) is 11.5. The molecule has 0 radical (unpaired) electrons. The first kappa shape index (κ1) is 28.2. The molecule has 0 aliphatic heterocycles. The lowest BCUT2D eigenvalue weighted by Crippen LogP contribution is -2.50. The van der Waals surface area contributed by atoms with Gasteiger partial charge >= 0.3 is 6.18 Å². The standard InChI is InChI=1S/C26H27F3N2O5S/c1-16-21(11-10-19(14-30)23(16)26(27,28)29)31-24(33)25(2,34)15-37(35,36)22-9-4-3-7-18(22)12-17-6-5-8-20(32)13-17/h3-6,8-11,13,16,18,23,32,34H,7,12,15H2,1-2H3,(H,31,33). The highest BCUT2D eigenvalue weighted by Gasteiger charge is 2.48. The molecular formula is C26H27F3N2O5S. The van der Waals surface area contributed by atoms with Crippen LogP contribution in [-0.4, -0.2) is 42.1 Å². The van der Waals surface area contributed by atoms with E-state index in [4.69, 9.17) is 5.26 Å². The number of aliphatic hydroxyl groups is 1. The third-order valence-electron chi connectivity index (χ3n) is 6.44. The Morgan fingerprint density at radius 1 is 1.24 bits per heavy atom. The minimum atomic E-state index is -4.75. The van der Waals surface area contributed by atoms with Gasteiger partial charge in [0.15, 0.2) is 15.4 Å². The number of nitrogens with zero attached hydrogens (tertiary/aromatic N) is 1. The monoisotopic (exact) mass is 536 g/mol. The van der Waals surface area contributed by atoms with Crippen molar-refractivity contribution in [2.45, 2.75) is 38.5 Å². The molecule has 2 aliphatic rings. The summed E-state index contributed by atoms with van der Waals surface area (Å²) >= 11 is 0. The third kappa shape index (κ3) is 6.50. The lowest BCUT2D eigenvalue weighted by Gasteiger charge is -2.32. The molecule has 3 rings (SSSR count). The summed E-state index contributed by atoms with van der Waals surface area (Å²) in [6, 6.07) is 7.90. The Balaban J connectivity index is 1.79. The second-order valence-corrected chi connectivity index (χ2v) is 11.4. The number of amides is 1. The number of hydrogen-bond acceptors (Lipinski definition) is 6. The summed E-state index contributed by atoms with van der Waals surface area (Å²) in [5.74, 6) is -6.13. The Bertz CT molecular complexity index is 1330. The number of benzene rings is 1. The number of allylic oxidation sites excluding steroid dienone is 8. The van der Waals surface area contributed by atoms with Crippen LogP contribution in [0.4, 0.5) is 13.2 Å². The van der Waals surface area contributed by atoms with E-state index < -0.39 is 56.6 Å². The Morgan fingerprint density at radius 2 is 1.95 bits per heavy atom. The van der Waals surface area contributed by atoms with Crippen LogP contribution in [0.5, 0.6) is 5.75 Å². The maximum atomic E-state index is 13.5. The maximum absolute atomic E-state index is 13.5. The van der Waals surface area contributed by atoms with E-state index in [0.29, 0.717) is 12.0 Å². The first-order valence-corrected chi connectivity index (χ1v) is 13.1. The molecule has 198 valence electrons. The number of sulfone groups is 1. The first-order chi connectivity index (χ1) is 17.2. The van der Waals surface area contributed by atoms with Gasteiger partial charge in [-0.15, -0.1) is 0 Å². The number of hydrogen-bond donors (Lipinski definition) is 3. The largest absolute Gasteiger partial charge is 0.508 e. The van der Waals surface area contributed by atoms with E-state index in [2.05, 4.69) is 5.32 Å². The molecule has 0 saturated carbocycles. The van der Waals surface area contributed by atoms with E-state index in [0.717, 1.165) is 19.1 Å². The second kappa shape index (κ2) is 10.6. The number of nitriles is 1. The van der Waals surface area contributed by atoms with Crippen LogP contribution in [0.3, 0.4) is 0 Å². The van der Waals surface area contributed by atoms with Gasteiger partial charge in [0.05, 0.1) is 17.7 Å². The van der Waals surface area contributed by atoms with Crippen molar-refractivity contribution < 1.29 is 36.6 Å². The Labute approximate surface area is 213 Å². The number of carbonyl (C=O) groups is 1. The number of phenolic OH excluding ortho intramolecular Hbond substituents is 1. The summed E-state index contributed by atoms with van der Waals surface area (Å²) in [5, 5.41) is 31.8. The highest BCUT2D eigenvalue weighted by Crippen LogP contribution is 2.42. The Morgan fingerprint density at radius 3 is 2.57 bits per heavy atom. The van der Waals surface area contributed by atoms with Gasteiger partial charge in [0.25, 0.3) is 5.91 Å². The molecule has 4 atom stereocenters. The SMILES string of the molecule is CC1C(NC(=O)C(C)(O)CS(=O)(=O)C2=CC=CCC2Cc2cccc(O)c2)=CC=C(C#N)C1C(F)(F)F. The van der Waals surface area contributed by atoms with Crippen molar-refractivity contribution in [2.75, 3.05) is 5.75 Å². The molecule has 11 heteroatoms. The summed E-state index contributed by atoms with van der Waals surface area (Å²) in [5.41, 5.74) is -2.47. The fourth-order valence-electron chi connectivity index (χ4n) is 4.56. The van der Waals surface area contributed by atoms with Crippen molar-refractivity contribution in [3.8, 4) is 11.8 Å². The van der Waals surface area contributed by atoms with Gasteiger partial charge in [0.2, 0.25) is 0 Å². The van der Waals surface area contributed by atoms with Crippen LogP contribution in [0.2, 0.25) is 0 Å². The van der Waals surface area contributed by atoms with E-state index in [9.17, 15) is 36.6 Å². The Hall–Kier alpha value is -3.36. The number of halogens is 3. The quantitative estimate of drug-likeness (QED) is 0.486. The molecule has 0 fully saturated rings. The van der Waals surface area contributed by atoms with Crippen molar-refractivity contribution >= 4 is 15.7 Å². The average Bonchev–Trinajstić information content (AvgIpc) is 2.79. The van der Waals surface area contributed by atoms with Crippen LogP contribution in [0.25, 0.3) is 0 Å². The normalized spacial score (nSPS) is 23.7. The summed E-state index contributed by atoms with van der Waals surface area (Å²) < 4.78 is 67.2. The molecule has 37 heavy (non-hydrogen) atoms. The van der Waals surface area contributed by atoms with Crippen LogP contribution in [0, 0.1) is 29.1 Å². The van der Waals surface area contributed by atoms with Crippen LogP contribution in [0.15, 0.2) is 70.8 Å². The number of carbonyl (C=O) groups excluding carboxylic acids is 1. The van der Waals surface area contributed by atoms with Gasteiger partial charge in [-0.3, -0.25) is 4.79 Å². The number of alkyl halides is 3. The van der Waals surface area contributed by atoms with Gasteiger partial charge in [-0.25, -0.2) is 8.42 Å². The summed E-state index contributed by atoms with van der Waals surface area (Å²) in [6.07, 6.45) is 2.76. The molecule has 7 nitrogen and oxygen atoms in total. The van der Waals surface area contributed by atoms with Gasteiger partial charge in [0, 0.05) is 28.0 Å². The van der Waals surface area contributed by atoms with Crippen LogP contribution >= 0.6 is 0 Å². The van der Waals surface area contributed by atoms with Gasteiger partial charge in [-0.05, 0) is 55.7 Å². The van der Waals surface area contributed by atoms with E-state index in [-0.39, 0.29) is 22.8 Å². The molecule has 1 aromatic carbocycles. The van der Waals surface area contributed by atoms with Gasteiger partial charge in [-0.2, -0.15) is 18.4 Å². The zero-order chi connectivity index (χ0) is 27.6. The van der Waals surface area contributed by atoms with Crippen molar-refractivity contribution in [1.82, 2.24) is 5.32 Å². The third-order valence-corrected chi connectivity index (χ3v) is 8.57. The number of phenols is 1. The van der Waals surface area contributed by atoms with Crippen LogP contribution in [0.1, 0.15) is 25.8 Å². The van der Waals surface area contributed by atoms with Crippen molar-refractivity contribution in [2.24, 2.45) is 17.8 Å². The molecule has 0 aromatic heterocycles. The average molecular weight is 537 g/mol. The minimum absolute atomic E-state index is 0.00963. The molecule has 3 N–H and O–H groups in total. The molecule has 0 spiro atoms. The van der Waals surface area contributed by atoms with E-state index >= 15 is 0 Å². The van der Waals surface area contributed by atoms with Crippen LogP contribution in [-0.2, 0) is 21.1 Å². The lowest BCUT2D eigenvalue weighted by atomic mass is 9.81. The highest BCUT2D eigenvalue weighted by atomic mass is 32.2. The highest BCUT2D eigenvalue weighted by molar-refractivity contribution is 7.95. The van der Waals surface area contributed by atoms with Crippen LogP contribution < -0.4 is 5.32 Å². The molecule has 0 saturated heterocycles. The predicted molar refractivity (Wildman–Crippen MR) is 130 cm³/mol. The van der Waals surface area contributed by atoms with Crippen molar-refractivity contribution in [3.05, 3.63) is 76.4 Å². The predicted octanol–water partition coefficient (Wildman–Crippen LogP) is 3.84. The fourth-order valence-corrected chi connectivity index (χ4v) is 6.57. The number of nitrogens with one attached hydrogen (secondary N) is 1. The van der Waals surface area contributed by atoms with E-state index in [1.54, 1.807) is 24.3 Å². The minimum Gasteiger partial charge on any atom is -0.508 e. The number of rotatable bonds is 7. The smallest absolute Gasteiger partial charge is 0.397 e.